The Kier molecular flexibility index (Phi) is 5.94. The lowest BCUT2D eigenvalue weighted by Crippen LogP contribution is -2.39. The summed E-state index contributed by atoms with van der Waals surface area (Å²) in [7, 11) is 6.47. The second kappa shape index (κ2) is 7.94. The molecule has 0 saturated carbocycles. The summed E-state index contributed by atoms with van der Waals surface area (Å²) in [6, 6.07) is 7.65. The van der Waals surface area contributed by atoms with Crippen LogP contribution in [-0.2, 0) is 30.3 Å². The Morgan fingerprint density at radius 1 is 1.17 bits per heavy atom. The number of rotatable bonds is 5. The molecule has 1 aliphatic rings. The predicted molar refractivity (Wildman–Crippen MR) is 88.2 cm³/mol. The number of anilines is 1. The lowest BCUT2D eigenvalue weighted by atomic mass is 10.1. The first-order valence-electron chi connectivity index (χ1n) is 7.47. The van der Waals surface area contributed by atoms with E-state index in [1.807, 2.05) is 43.3 Å². The van der Waals surface area contributed by atoms with Crippen molar-refractivity contribution < 1.29 is 23.8 Å². The number of hydrogen-bond acceptors (Lipinski definition) is 7. The Morgan fingerprint density at radius 3 is 2.46 bits per heavy atom. The average molecular weight is 334 g/mol. The molecule has 24 heavy (non-hydrogen) atoms. The molecule has 0 unspecified atom stereocenters. The zero-order valence-electron chi connectivity index (χ0n) is 14.4. The molecule has 1 aliphatic heterocycles. The highest BCUT2D eigenvalue weighted by molar-refractivity contribution is 6.03. The van der Waals surface area contributed by atoms with E-state index in [1.54, 1.807) is 4.90 Å². The van der Waals surface area contributed by atoms with E-state index in [0.717, 1.165) is 11.3 Å². The smallest absolute Gasteiger partial charge is 0.355 e. The number of carbonyl (C=O) groups is 2. The Morgan fingerprint density at radius 2 is 1.83 bits per heavy atom. The molecule has 1 aromatic carbocycles. The topological polar surface area (TPSA) is 68.3 Å². The molecule has 2 rings (SSSR count). The zero-order chi connectivity index (χ0) is 17.7. The maximum absolute atomic E-state index is 12.3. The maximum atomic E-state index is 12.3. The summed E-state index contributed by atoms with van der Waals surface area (Å²) in [5, 5.41) is 0. The SMILES string of the molecule is COC(=O)C1=C(C(=O)OC)N(c2ccccc2CN(C)C)COC1. The number of esters is 2. The number of carbonyl (C=O) groups excluding carboxylic acids is 2. The first kappa shape index (κ1) is 18.0. The van der Waals surface area contributed by atoms with Crippen molar-refractivity contribution in [3.8, 4) is 0 Å². The zero-order valence-corrected chi connectivity index (χ0v) is 14.4. The van der Waals surface area contributed by atoms with Crippen LogP contribution in [0.15, 0.2) is 35.5 Å². The summed E-state index contributed by atoms with van der Waals surface area (Å²) in [4.78, 5) is 28.0. The highest BCUT2D eigenvalue weighted by Crippen LogP contribution is 2.30. The van der Waals surface area contributed by atoms with Crippen LogP contribution in [0.2, 0.25) is 0 Å². The van der Waals surface area contributed by atoms with E-state index >= 15 is 0 Å². The Labute approximate surface area is 141 Å². The number of methoxy groups -OCH3 is 2. The van der Waals surface area contributed by atoms with E-state index in [2.05, 4.69) is 0 Å². The third-order valence-corrected chi connectivity index (χ3v) is 3.60. The van der Waals surface area contributed by atoms with Gasteiger partial charge in [0.2, 0.25) is 0 Å². The molecule has 7 heteroatoms. The van der Waals surface area contributed by atoms with Crippen LogP contribution >= 0.6 is 0 Å². The minimum atomic E-state index is -0.606. The van der Waals surface area contributed by atoms with Gasteiger partial charge in [-0.25, -0.2) is 9.59 Å². The fourth-order valence-corrected chi connectivity index (χ4v) is 2.58. The number of ether oxygens (including phenoxy) is 3. The van der Waals surface area contributed by atoms with Crippen LogP contribution < -0.4 is 4.90 Å². The van der Waals surface area contributed by atoms with Crippen LogP contribution in [0.4, 0.5) is 5.69 Å². The minimum absolute atomic E-state index is 0.00343. The molecule has 130 valence electrons. The van der Waals surface area contributed by atoms with Gasteiger partial charge in [-0.2, -0.15) is 0 Å². The molecule has 7 nitrogen and oxygen atoms in total. The highest BCUT2D eigenvalue weighted by atomic mass is 16.5. The number of nitrogens with zero attached hydrogens (tertiary/aromatic N) is 2. The highest BCUT2D eigenvalue weighted by Gasteiger charge is 2.33. The van der Waals surface area contributed by atoms with E-state index in [9.17, 15) is 9.59 Å². The van der Waals surface area contributed by atoms with Crippen LogP contribution in [-0.4, -0.2) is 58.5 Å². The van der Waals surface area contributed by atoms with Gasteiger partial charge < -0.3 is 24.0 Å². The van der Waals surface area contributed by atoms with Crippen LogP contribution in [0.3, 0.4) is 0 Å². The second-order valence-electron chi connectivity index (χ2n) is 5.58. The Hall–Kier alpha value is -2.38. The minimum Gasteiger partial charge on any atom is -0.466 e. The number of benzene rings is 1. The van der Waals surface area contributed by atoms with E-state index in [4.69, 9.17) is 14.2 Å². The van der Waals surface area contributed by atoms with Crippen molar-refractivity contribution in [2.45, 2.75) is 6.54 Å². The molecule has 0 amide bonds. The Balaban J connectivity index is 2.55. The third-order valence-electron chi connectivity index (χ3n) is 3.60. The van der Waals surface area contributed by atoms with Crippen LogP contribution in [0.5, 0.6) is 0 Å². The van der Waals surface area contributed by atoms with Gasteiger partial charge in [-0.15, -0.1) is 0 Å². The van der Waals surface area contributed by atoms with Gasteiger partial charge in [-0.05, 0) is 25.7 Å². The predicted octanol–water partition coefficient (Wildman–Crippen LogP) is 1.14. The molecule has 0 aliphatic carbocycles. The average Bonchev–Trinajstić information content (AvgIpc) is 2.59. The molecule has 0 N–H and O–H groups in total. The molecule has 0 fully saturated rings. The molecule has 1 aromatic rings. The molecular formula is C17H22N2O5. The van der Waals surface area contributed by atoms with Crippen molar-refractivity contribution >= 4 is 17.6 Å². The van der Waals surface area contributed by atoms with Crippen molar-refractivity contribution in [3.63, 3.8) is 0 Å². The molecule has 0 radical (unpaired) electrons. The number of para-hydroxylation sites is 1. The van der Waals surface area contributed by atoms with Gasteiger partial charge in [-0.1, -0.05) is 18.2 Å². The van der Waals surface area contributed by atoms with Crippen LogP contribution in [0, 0.1) is 0 Å². The van der Waals surface area contributed by atoms with Crippen LogP contribution in [0.1, 0.15) is 5.56 Å². The summed E-state index contributed by atoms with van der Waals surface area (Å²) >= 11 is 0. The largest absolute Gasteiger partial charge is 0.466 e. The van der Waals surface area contributed by atoms with Gasteiger partial charge in [0.05, 0.1) is 26.4 Å². The van der Waals surface area contributed by atoms with E-state index in [0.29, 0.717) is 6.54 Å². The van der Waals surface area contributed by atoms with Crippen molar-refractivity contribution in [3.05, 3.63) is 41.1 Å². The number of hydrogen-bond donors (Lipinski definition) is 0. The van der Waals surface area contributed by atoms with Crippen molar-refractivity contribution in [1.29, 1.82) is 0 Å². The van der Waals surface area contributed by atoms with Crippen molar-refractivity contribution in [2.24, 2.45) is 0 Å². The maximum Gasteiger partial charge on any atom is 0.355 e. The van der Waals surface area contributed by atoms with Gasteiger partial charge in [0, 0.05) is 12.2 Å². The standard InChI is InChI=1S/C17H22N2O5/c1-18(2)9-12-7-5-6-8-14(12)19-11-24-10-13(16(20)22-3)15(19)17(21)23-4/h5-8H,9-11H2,1-4H3. The third kappa shape index (κ3) is 3.74. The van der Waals surface area contributed by atoms with Gasteiger partial charge in [0.25, 0.3) is 0 Å². The lowest BCUT2D eigenvalue weighted by Gasteiger charge is -2.33. The first-order chi connectivity index (χ1) is 11.5. The summed E-state index contributed by atoms with van der Waals surface area (Å²) in [6.45, 7) is 0.827. The van der Waals surface area contributed by atoms with Gasteiger partial charge in [-0.3, -0.25) is 0 Å². The fourth-order valence-electron chi connectivity index (χ4n) is 2.58. The summed E-state index contributed by atoms with van der Waals surface area (Å²) < 4.78 is 15.2. The summed E-state index contributed by atoms with van der Waals surface area (Å²) in [6.07, 6.45) is 0. The Bertz CT molecular complexity index is 654. The normalized spacial score (nSPS) is 14.8. The van der Waals surface area contributed by atoms with Gasteiger partial charge >= 0.3 is 11.9 Å². The fraction of sp³-hybridized carbons (Fsp3) is 0.412. The lowest BCUT2D eigenvalue weighted by molar-refractivity contribution is -0.140. The van der Waals surface area contributed by atoms with E-state index in [-0.39, 0.29) is 24.6 Å². The molecule has 0 atom stereocenters. The molecule has 0 saturated heterocycles. The van der Waals surface area contributed by atoms with Gasteiger partial charge in [0.15, 0.2) is 0 Å². The molecular weight excluding hydrogens is 312 g/mol. The first-order valence-corrected chi connectivity index (χ1v) is 7.47. The van der Waals surface area contributed by atoms with Crippen LogP contribution in [0.25, 0.3) is 0 Å². The molecule has 0 bridgehead atoms. The van der Waals surface area contributed by atoms with E-state index in [1.165, 1.54) is 14.2 Å². The molecule has 0 spiro atoms. The van der Waals surface area contributed by atoms with Crippen molar-refractivity contribution in [1.82, 2.24) is 4.90 Å². The van der Waals surface area contributed by atoms with Gasteiger partial charge in [0.1, 0.15) is 12.4 Å². The molecule has 0 aromatic heterocycles. The summed E-state index contributed by atoms with van der Waals surface area (Å²) in [5.41, 5.74) is 2.09. The quantitative estimate of drug-likeness (QED) is 0.748. The summed E-state index contributed by atoms with van der Waals surface area (Å²) in [5.74, 6) is -1.21. The second-order valence-corrected chi connectivity index (χ2v) is 5.58. The molecule has 1 heterocycles. The monoisotopic (exact) mass is 334 g/mol. The van der Waals surface area contributed by atoms with E-state index < -0.39 is 11.9 Å². The van der Waals surface area contributed by atoms with Crippen molar-refractivity contribution in [2.75, 3.05) is 46.6 Å².